The Balaban J connectivity index is -0.0000000145. The fourth-order valence-corrected chi connectivity index (χ4v) is 0. The van der Waals surface area contributed by atoms with Crippen LogP contribution in [0.15, 0.2) is 0 Å². The molecule has 6 heteroatoms. The van der Waals surface area contributed by atoms with Gasteiger partial charge in [0, 0.05) is 0 Å². The van der Waals surface area contributed by atoms with Crippen molar-refractivity contribution in [3.8, 4) is 0 Å². The van der Waals surface area contributed by atoms with Gasteiger partial charge in [0.25, 0.3) is 0 Å². The van der Waals surface area contributed by atoms with E-state index in [0.29, 0.717) is 0 Å². The molecule has 0 fully saturated rings. The predicted octanol–water partition coefficient (Wildman–Crippen LogP) is -5.53. The first kappa shape index (κ1) is 36.1. The van der Waals surface area contributed by atoms with Gasteiger partial charge in [0.05, 0.1) is 0 Å². The van der Waals surface area contributed by atoms with Crippen molar-refractivity contribution in [1.82, 2.24) is 0 Å². The number of rotatable bonds is 0. The topological polar surface area (TPSA) is 92.2 Å². The Morgan fingerprint density at radius 2 is 0.571 bits per heavy atom. The van der Waals surface area contributed by atoms with E-state index >= 15 is 0 Å². The molecule has 0 N–H and O–H groups in total. The molecule has 4 nitrogen and oxygen atoms in total. The Bertz CT molecular complexity index is 29.3. The molecule has 0 spiro atoms. The molecule has 0 aliphatic rings. The summed E-state index contributed by atoms with van der Waals surface area (Å²) in [5.41, 5.74) is 0. The van der Waals surface area contributed by atoms with Crippen LogP contribution < -0.4 is 50.0 Å². The van der Waals surface area contributed by atoms with E-state index in [-0.39, 0.29) is 78.4 Å². The van der Waals surface area contributed by atoms with Crippen molar-refractivity contribution in [2.45, 2.75) is 27.7 Å². The molecule has 0 saturated carbocycles. The largest absolute Gasteiger partial charge is 3.00 e. The second-order valence-corrected chi connectivity index (χ2v) is 1.15. The third-order valence-electron chi connectivity index (χ3n) is 0. The van der Waals surface area contributed by atoms with Crippen LogP contribution in [0.2, 0.25) is 0 Å². The van der Waals surface area contributed by atoms with E-state index in [1.54, 1.807) is 27.7 Å². The zero-order valence-corrected chi connectivity index (χ0v) is 13.9. The fourth-order valence-electron chi connectivity index (χ4n) is 0. The summed E-state index contributed by atoms with van der Waals surface area (Å²) >= 11 is 0. The molecule has 0 atom stereocenters. The predicted molar refractivity (Wildman–Crippen MR) is 42.2 cm³/mol. The average molecular weight is 400 g/mol. The molecule has 0 aromatic heterocycles. The molecule has 14 heavy (non-hydrogen) atoms. The van der Waals surface area contributed by atoms with E-state index in [0.717, 1.165) is 0 Å². The van der Waals surface area contributed by atoms with Crippen LogP contribution in [0.1, 0.15) is 27.7 Å². The standard InChI is InChI=1S/4C2H5O.Au.Na/c4*1-2-3;;/h4*2H2,1H3;;/q4*-1;+3;+1. The molecular weight excluding hydrogens is 380 g/mol. The summed E-state index contributed by atoms with van der Waals surface area (Å²) in [6.45, 7) is 6.28. The van der Waals surface area contributed by atoms with Crippen LogP contribution in [0.3, 0.4) is 0 Å². The van der Waals surface area contributed by atoms with E-state index in [1.807, 2.05) is 0 Å². The van der Waals surface area contributed by atoms with Crippen LogP contribution in [0.5, 0.6) is 0 Å². The van der Waals surface area contributed by atoms with Gasteiger partial charge in [-0.15, -0.1) is 26.4 Å². The van der Waals surface area contributed by atoms with E-state index in [2.05, 4.69) is 0 Å². The van der Waals surface area contributed by atoms with Gasteiger partial charge in [0.1, 0.15) is 0 Å². The van der Waals surface area contributed by atoms with Gasteiger partial charge < -0.3 is 20.4 Å². The van der Waals surface area contributed by atoms with Crippen molar-refractivity contribution in [1.29, 1.82) is 0 Å². The molecule has 0 bridgehead atoms. The van der Waals surface area contributed by atoms with Crippen LogP contribution in [0, 0.1) is 0 Å². The minimum Gasteiger partial charge on any atom is -0.855 e. The third kappa shape index (κ3) is 861. The van der Waals surface area contributed by atoms with Crippen molar-refractivity contribution in [3.05, 3.63) is 0 Å². The molecule has 88 valence electrons. The average Bonchev–Trinajstić information content (AvgIpc) is 1.92. The molecule has 0 saturated heterocycles. The van der Waals surface area contributed by atoms with Gasteiger partial charge >= 0.3 is 51.9 Å². The molecular formula is C8H20AuNaO4. The van der Waals surface area contributed by atoms with Crippen LogP contribution in [-0.2, 0) is 22.4 Å². The number of hydrogen-bond donors (Lipinski definition) is 0. The van der Waals surface area contributed by atoms with Crippen LogP contribution in [0.4, 0.5) is 0 Å². The summed E-state index contributed by atoms with van der Waals surface area (Å²) < 4.78 is 0. The molecule has 0 aromatic carbocycles. The molecule has 0 radical (unpaired) electrons. The summed E-state index contributed by atoms with van der Waals surface area (Å²) in [7, 11) is 0. The van der Waals surface area contributed by atoms with Crippen molar-refractivity contribution in [2.24, 2.45) is 0 Å². The second-order valence-electron chi connectivity index (χ2n) is 1.15. The van der Waals surface area contributed by atoms with E-state index < -0.39 is 0 Å². The summed E-state index contributed by atoms with van der Waals surface area (Å²) in [6, 6.07) is 0. The fraction of sp³-hybridized carbons (Fsp3) is 1.00. The van der Waals surface area contributed by atoms with Crippen LogP contribution >= 0.6 is 0 Å². The van der Waals surface area contributed by atoms with Gasteiger partial charge in [-0.1, -0.05) is 27.7 Å². The normalized spacial score (nSPS) is 5.14. The first-order chi connectivity index (χ1) is 5.66. The van der Waals surface area contributed by atoms with Gasteiger partial charge in [0.2, 0.25) is 0 Å². The van der Waals surface area contributed by atoms with Gasteiger partial charge in [-0.05, 0) is 0 Å². The minimum atomic E-state index is 0. The summed E-state index contributed by atoms with van der Waals surface area (Å²) in [5, 5.41) is 35.7. The Morgan fingerprint density at radius 3 is 0.571 bits per heavy atom. The first-order valence-corrected chi connectivity index (χ1v) is 3.98. The summed E-state index contributed by atoms with van der Waals surface area (Å²) in [4.78, 5) is 0. The van der Waals surface area contributed by atoms with Gasteiger partial charge in [-0.25, -0.2) is 0 Å². The first-order valence-electron chi connectivity index (χ1n) is 3.98. The molecule has 0 amide bonds. The minimum absolute atomic E-state index is 0. The molecule has 0 rings (SSSR count). The Labute approximate surface area is 126 Å². The van der Waals surface area contributed by atoms with Crippen molar-refractivity contribution >= 4 is 0 Å². The van der Waals surface area contributed by atoms with Crippen molar-refractivity contribution < 1.29 is 72.4 Å². The Kier molecular flexibility index (Phi) is 223. The summed E-state index contributed by atoms with van der Waals surface area (Å²) in [5.74, 6) is 0. The summed E-state index contributed by atoms with van der Waals surface area (Å²) in [6.07, 6.45) is 0. The molecule has 0 aliphatic heterocycles. The Hall–Kier alpha value is 1.58. The SMILES string of the molecule is CC[O-].CC[O-].CC[O-].CC[O-].[Au+3].[Na+]. The van der Waals surface area contributed by atoms with Crippen LogP contribution in [-0.4, -0.2) is 26.4 Å². The third-order valence-corrected chi connectivity index (χ3v) is 0. The van der Waals surface area contributed by atoms with Crippen molar-refractivity contribution in [3.63, 3.8) is 0 Å². The van der Waals surface area contributed by atoms with Gasteiger partial charge in [0.15, 0.2) is 0 Å². The van der Waals surface area contributed by atoms with E-state index in [9.17, 15) is 0 Å². The molecule has 0 aromatic rings. The second kappa shape index (κ2) is 86.4. The monoisotopic (exact) mass is 400 g/mol. The van der Waals surface area contributed by atoms with Gasteiger partial charge in [-0.2, -0.15) is 0 Å². The smallest absolute Gasteiger partial charge is 0.855 e. The van der Waals surface area contributed by atoms with Crippen LogP contribution in [0.25, 0.3) is 0 Å². The Morgan fingerprint density at radius 1 is 0.571 bits per heavy atom. The molecule has 0 unspecified atom stereocenters. The van der Waals surface area contributed by atoms with Gasteiger partial charge in [-0.3, -0.25) is 0 Å². The zero-order valence-electron chi connectivity index (χ0n) is 9.76. The molecule has 0 heterocycles. The molecule has 0 aliphatic carbocycles. The maximum Gasteiger partial charge on any atom is 3.00 e. The maximum absolute atomic E-state index is 8.93. The maximum atomic E-state index is 8.93. The quantitative estimate of drug-likeness (QED) is 0.380. The van der Waals surface area contributed by atoms with Crippen molar-refractivity contribution in [2.75, 3.05) is 26.4 Å². The van der Waals surface area contributed by atoms with E-state index in [1.165, 1.54) is 0 Å². The number of hydrogen-bond acceptors (Lipinski definition) is 4. The zero-order chi connectivity index (χ0) is 10.8. The van der Waals surface area contributed by atoms with E-state index in [4.69, 9.17) is 20.4 Å².